The Kier molecular flexibility index (Phi) is 2.74. The number of carboxylic acids is 1. The van der Waals surface area contributed by atoms with Gasteiger partial charge in [0.1, 0.15) is 0 Å². The predicted molar refractivity (Wildman–Crippen MR) is 56.6 cm³/mol. The van der Waals surface area contributed by atoms with Crippen LogP contribution in [0.3, 0.4) is 0 Å². The van der Waals surface area contributed by atoms with Gasteiger partial charge in [0.25, 0.3) is 0 Å². The Hall–Kier alpha value is -1.00. The average Bonchev–Trinajstić information content (AvgIpc) is 2.70. The molecule has 1 aliphatic heterocycles. The van der Waals surface area contributed by atoms with Crippen molar-refractivity contribution in [2.45, 2.75) is 5.37 Å². The quantitative estimate of drug-likeness (QED) is 0.778. The number of nitrogens with one attached hydrogen (secondary N) is 1. The molecule has 0 radical (unpaired) electrons. The zero-order chi connectivity index (χ0) is 9.97. The molecule has 2 N–H and O–H groups in total. The summed E-state index contributed by atoms with van der Waals surface area (Å²) in [6.07, 6.45) is 0. The number of aromatic carboxylic acids is 1. The van der Waals surface area contributed by atoms with Gasteiger partial charge in [-0.1, -0.05) is 18.2 Å². The number of carbonyl (C=O) groups is 1. The molecule has 4 heteroatoms. The van der Waals surface area contributed by atoms with Crippen molar-refractivity contribution in [3.8, 4) is 0 Å². The highest BCUT2D eigenvalue weighted by Gasteiger charge is 2.21. The van der Waals surface area contributed by atoms with Crippen molar-refractivity contribution in [2.75, 3.05) is 12.3 Å². The molecule has 0 amide bonds. The Labute approximate surface area is 86.5 Å². The van der Waals surface area contributed by atoms with Gasteiger partial charge in [0.15, 0.2) is 0 Å². The molecule has 0 aliphatic carbocycles. The fraction of sp³-hybridized carbons (Fsp3) is 0.300. The van der Waals surface area contributed by atoms with E-state index < -0.39 is 5.97 Å². The van der Waals surface area contributed by atoms with E-state index in [4.69, 9.17) is 5.11 Å². The van der Waals surface area contributed by atoms with Crippen LogP contribution in [0, 0.1) is 0 Å². The van der Waals surface area contributed by atoms with E-state index in [0.717, 1.165) is 17.9 Å². The van der Waals surface area contributed by atoms with Crippen LogP contribution < -0.4 is 5.32 Å². The topological polar surface area (TPSA) is 49.3 Å². The van der Waals surface area contributed by atoms with E-state index in [1.165, 1.54) is 0 Å². The fourth-order valence-electron chi connectivity index (χ4n) is 1.55. The lowest BCUT2D eigenvalue weighted by molar-refractivity contribution is 0.0695. The largest absolute Gasteiger partial charge is 0.478 e. The Morgan fingerprint density at radius 3 is 2.93 bits per heavy atom. The Morgan fingerprint density at radius 1 is 1.50 bits per heavy atom. The van der Waals surface area contributed by atoms with Crippen LogP contribution in [0.4, 0.5) is 0 Å². The van der Waals surface area contributed by atoms with Crippen LogP contribution in [-0.4, -0.2) is 23.4 Å². The first kappa shape index (κ1) is 9.55. The number of rotatable bonds is 2. The van der Waals surface area contributed by atoms with Gasteiger partial charge in [-0.3, -0.25) is 0 Å². The predicted octanol–water partition coefficient (Wildman–Crippen LogP) is 1.72. The second-order valence-corrected chi connectivity index (χ2v) is 4.31. The van der Waals surface area contributed by atoms with Crippen LogP contribution >= 0.6 is 11.8 Å². The summed E-state index contributed by atoms with van der Waals surface area (Å²) in [5.41, 5.74) is 1.28. The SMILES string of the molecule is O=C(O)c1ccccc1C1NCCS1. The molecule has 1 fully saturated rings. The smallest absolute Gasteiger partial charge is 0.336 e. The minimum Gasteiger partial charge on any atom is -0.478 e. The normalized spacial score (nSPS) is 21.0. The molecule has 1 aromatic rings. The summed E-state index contributed by atoms with van der Waals surface area (Å²) in [4.78, 5) is 10.9. The first-order valence-electron chi connectivity index (χ1n) is 4.46. The monoisotopic (exact) mass is 209 g/mol. The van der Waals surface area contributed by atoms with Crippen molar-refractivity contribution in [1.82, 2.24) is 5.32 Å². The molecule has 0 bridgehead atoms. The highest BCUT2D eigenvalue weighted by atomic mass is 32.2. The van der Waals surface area contributed by atoms with Crippen molar-refractivity contribution < 1.29 is 9.90 Å². The maximum absolute atomic E-state index is 10.9. The summed E-state index contributed by atoms with van der Waals surface area (Å²) in [5.74, 6) is 0.188. The van der Waals surface area contributed by atoms with Crippen molar-refractivity contribution in [3.63, 3.8) is 0 Å². The van der Waals surface area contributed by atoms with Crippen LogP contribution in [0.2, 0.25) is 0 Å². The van der Waals surface area contributed by atoms with Crippen molar-refractivity contribution in [3.05, 3.63) is 35.4 Å². The van der Waals surface area contributed by atoms with Crippen molar-refractivity contribution >= 4 is 17.7 Å². The first-order valence-corrected chi connectivity index (χ1v) is 5.51. The molecule has 0 saturated carbocycles. The van der Waals surface area contributed by atoms with E-state index in [2.05, 4.69) is 5.32 Å². The summed E-state index contributed by atoms with van der Waals surface area (Å²) in [6.45, 7) is 0.948. The fourth-order valence-corrected chi connectivity index (χ4v) is 2.64. The highest BCUT2D eigenvalue weighted by molar-refractivity contribution is 7.99. The van der Waals surface area contributed by atoms with Gasteiger partial charge in [0, 0.05) is 12.3 Å². The van der Waals surface area contributed by atoms with E-state index in [0.29, 0.717) is 5.56 Å². The lowest BCUT2D eigenvalue weighted by atomic mass is 10.1. The van der Waals surface area contributed by atoms with Gasteiger partial charge in [-0.25, -0.2) is 4.79 Å². The molecule has 0 spiro atoms. The molecule has 1 aliphatic rings. The van der Waals surface area contributed by atoms with E-state index >= 15 is 0 Å². The highest BCUT2D eigenvalue weighted by Crippen LogP contribution is 2.31. The minimum atomic E-state index is -0.852. The van der Waals surface area contributed by atoms with Gasteiger partial charge in [-0.15, -0.1) is 11.8 Å². The van der Waals surface area contributed by atoms with Gasteiger partial charge < -0.3 is 10.4 Å². The van der Waals surface area contributed by atoms with Gasteiger partial charge in [0.05, 0.1) is 10.9 Å². The lowest BCUT2D eigenvalue weighted by Crippen LogP contribution is -2.15. The van der Waals surface area contributed by atoms with Crippen LogP contribution in [0.1, 0.15) is 21.3 Å². The summed E-state index contributed by atoms with van der Waals surface area (Å²) in [7, 11) is 0. The van der Waals surface area contributed by atoms with Gasteiger partial charge in [-0.05, 0) is 11.6 Å². The number of benzene rings is 1. The summed E-state index contributed by atoms with van der Waals surface area (Å²) in [6, 6.07) is 7.16. The zero-order valence-electron chi connectivity index (χ0n) is 7.56. The second kappa shape index (κ2) is 4.02. The number of thioether (sulfide) groups is 1. The summed E-state index contributed by atoms with van der Waals surface area (Å²) in [5, 5.41) is 12.4. The maximum atomic E-state index is 10.9. The Balaban J connectivity index is 2.35. The molecule has 1 aromatic carbocycles. The standard InChI is InChI=1S/C10H11NO2S/c12-10(13)8-4-2-1-3-7(8)9-11-5-6-14-9/h1-4,9,11H,5-6H2,(H,12,13). The molecule has 2 rings (SSSR count). The minimum absolute atomic E-state index is 0.141. The van der Waals surface area contributed by atoms with E-state index in [9.17, 15) is 4.79 Å². The summed E-state index contributed by atoms with van der Waals surface area (Å²) < 4.78 is 0. The third kappa shape index (κ3) is 1.76. The van der Waals surface area contributed by atoms with Crippen LogP contribution in [0.15, 0.2) is 24.3 Å². The van der Waals surface area contributed by atoms with E-state index in [1.54, 1.807) is 23.9 Å². The Morgan fingerprint density at radius 2 is 2.29 bits per heavy atom. The third-order valence-corrected chi connectivity index (χ3v) is 3.38. The molecule has 0 aromatic heterocycles. The molecule has 1 saturated heterocycles. The van der Waals surface area contributed by atoms with Gasteiger partial charge in [0.2, 0.25) is 0 Å². The third-order valence-electron chi connectivity index (χ3n) is 2.19. The van der Waals surface area contributed by atoms with Crippen LogP contribution in [-0.2, 0) is 0 Å². The number of hydrogen-bond donors (Lipinski definition) is 2. The molecule has 1 atom stereocenters. The lowest BCUT2D eigenvalue weighted by Gasteiger charge is -2.12. The molecule has 74 valence electrons. The summed E-state index contributed by atoms with van der Waals surface area (Å²) >= 11 is 1.75. The first-order chi connectivity index (χ1) is 6.79. The van der Waals surface area contributed by atoms with Crippen molar-refractivity contribution in [2.24, 2.45) is 0 Å². The number of hydrogen-bond acceptors (Lipinski definition) is 3. The van der Waals surface area contributed by atoms with Gasteiger partial charge >= 0.3 is 5.97 Å². The van der Waals surface area contributed by atoms with Crippen LogP contribution in [0.25, 0.3) is 0 Å². The van der Waals surface area contributed by atoms with Gasteiger partial charge in [-0.2, -0.15) is 0 Å². The molecular formula is C10H11NO2S. The van der Waals surface area contributed by atoms with Crippen molar-refractivity contribution in [1.29, 1.82) is 0 Å². The maximum Gasteiger partial charge on any atom is 0.336 e. The zero-order valence-corrected chi connectivity index (χ0v) is 8.38. The molecule has 1 heterocycles. The molecule has 14 heavy (non-hydrogen) atoms. The average molecular weight is 209 g/mol. The van der Waals surface area contributed by atoms with E-state index in [1.807, 2.05) is 12.1 Å². The molecular weight excluding hydrogens is 198 g/mol. The Bertz CT molecular complexity index is 348. The molecule has 3 nitrogen and oxygen atoms in total. The number of carboxylic acid groups (broad SMARTS) is 1. The molecule has 1 unspecified atom stereocenters. The van der Waals surface area contributed by atoms with E-state index in [-0.39, 0.29) is 5.37 Å². The van der Waals surface area contributed by atoms with Crippen LogP contribution in [0.5, 0.6) is 0 Å². The second-order valence-electron chi connectivity index (χ2n) is 3.10.